The zero-order valence-electron chi connectivity index (χ0n) is 28.2. The Morgan fingerprint density at radius 1 is 0.868 bits per heavy atom. The summed E-state index contributed by atoms with van der Waals surface area (Å²) in [6, 6.07) is 10.1. The Morgan fingerprint density at radius 3 is 2.09 bits per heavy atom. The highest BCUT2D eigenvalue weighted by atomic mass is 32.3. The quantitative estimate of drug-likeness (QED) is 0.0761. The first-order valence-corrected chi connectivity index (χ1v) is 21.0. The molecule has 0 unspecified atom stereocenters. The summed E-state index contributed by atoms with van der Waals surface area (Å²) in [5.41, 5.74) is -0.0590. The molecule has 1 aromatic heterocycles. The second-order valence-corrected chi connectivity index (χ2v) is 17.0. The summed E-state index contributed by atoms with van der Waals surface area (Å²) in [6.45, 7) is 1.15. The topological polar surface area (TPSA) is 317 Å². The SMILES string of the molecule is COCCCNc1nc(N(C)CCS(=O)(=O)CCOS(=O)(=O)O)c(C#N)c(C)c1/N=N/c1ccc(/N=N/c2ccc(S(=O)(=O)O)cc2)cc1S(=O)(=O)O. The number of hydrogen-bond acceptors (Lipinski definition) is 18. The number of ether oxygens (including phenoxy) is 1. The summed E-state index contributed by atoms with van der Waals surface area (Å²) in [5, 5.41) is 29.1. The summed E-state index contributed by atoms with van der Waals surface area (Å²) < 4.78 is 131. The van der Waals surface area contributed by atoms with Crippen LogP contribution in [0.2, 0.25) is 0 Å². The average Bonchev–Trinajstić information content (AvgIpc) is 3.06. The smallest absolute Gasteiger partial charge is 0.385 e. The summed E-state index contributed by atoms with van der Waals surface area (Å²) >= 11 is 0. The molecular formula is C28H34N8O13S4. The van der Waals surface area contributed by atoms with Gasteiger partial charge in [0.1, 0.15) is 28.2 Å². The van der Waals surface area contributed by atoms with Gasteiger partial charge in [0.25, 0.3) is 20.2 Å². The number of nitrogens with zero attached hydrogens (tertiary/aromatic N) is 7. The van der Waals surface area contributed by atoms with Crippen LogP contribution in [0.4, 0.5) is 34.4 Å². The van der Waals surface area contributed by atoms with Crippen molar-refractivity contribution in [3.05, 3.63) is 53.6 Å². The molecular weight excluding hydrogens is 785 g/mol. The van der Waals surface area contributed by atoms with E-state index >= 15 is 0 Å². The second-order valence-electron chi connectivity index (χ2n) is 10.8. The molecule has 0 bridgehead atoms. The van der Waals surface area contributed by atoms with E-state index in [2.05, 4.69) is 34.9 Å². The van der Waals surface area contributed by atoms with E-state index in [0.717, 1.165) is 18.2 Å². The van der Waals surface area contributed by atoms with E-state index in [1.165, 1.54) is 50.2 Å². The molecule has 0 spiro atoms. The third-order valence-electron chi connectivity index (χ3n) is 6.95. The third kappa shape index (κ3) is 13.1. The minimum atomic E-state index is -4.92. The monoisotopic (exact) mass is 818 g/mol. The zero-order valence-corrected chi connectivity index (χ0v) is 31.4. The highest BCUT2D eigenvalue weighted by molar-refractivity contribution is 7.91. The van der Waals surface area contributed by atoms with Gasteiger partial charge in [-0.25, -0.2) is 17.6 Å². The van der Waals surface area contributed by atoms with Crippen molar-refractivity contribution in [2.24, 2.45) is 20.5 Å². The molecule has 0 fully saturated rings. The Kier molecular flexibility index (Phi) is 14.6. The number of rotatable bonds is 19. The number of methoxy groups -OCH3 is 1. The van der Waals surface area contributed by atoms with Crippen molar-refractivity contribution in [3.8, 4) is 6.07 Å². The number of anilines is 2. The van der Waals surface area contributed by atoms with Crippen LogP contribution >= 0.6 is 0 Å². The van der Waals surface area contributed by atoms with E-state index < -0.39 is 63.5 Å². The second kappa shape index (κ2) is 18.0. The van der Waals surface area contributed by atoms with Crippen molar-refractivity contribution >= 4 is 74.9 Å². The van der Waals surface area contributed by atoms with Crippen LogP contribution in [0.15, 0.2) is 72.7 Å². The molecule has 3 rings (SSSR count). The Bertz CT molecular complexity index is 2350. The molecule has 0 aliphatic rings. The van der Waals surface area contributed by atoms with E-state index in [1.807, 2.05) is 6.07 Å². The number of nitrogens with one attached hydrogen (secondary N) is 1. The standard InChI is InChI=1S/C28H34N8O13S4/c1-19-23(18-29)28(36(2)12-15-50(37,38)16-14-49-53(45,46)47)31-27(30-11-4-13-48-3)26(19)35-34-24-10-7-21(17-25(24)52(42,43)44)33-32-20-5-8-22(9-6-20)51(39,40)41/h5-10,17H,4,11-16H2,1-3H3,(H,30,31)(H,39,40,41)(H,42,43,44)(H,45,46,47)/b33-32+,35-34+. The fourth-order valence-corrected chi connectivity index (χ4v) is 6.88. The van der Waals surface area contributed by atoms with E-state index in [9.17, 15) is 43.5 Å². The lowest BCUT2D eigenvalue weighted by molar-refractivity contribution is 0.198. The number of pyridine rings is 1. The minimum absolute atomic E-state index is 0.00416. The number of hydrogen-bond donors (Lipinski definition) is 4. The van der Waals surface area contributed by atoms with E-state index in [4.69, 9.17) is 13.8 Å². The molecule has 25 heteroatoms. The number of benzene rings is 2. The molecule has 53 heavy (non-hydrogen) atoms. The largest absolute Gasteiger partial charge is 0.397 e. The normalized spacial score (nSPS) is 12.7. The Hall–Kier alpha value is -4.52. The van der Waals surface area contributed by atoms with Crippen molar-refractivity contribution in [1.82, 2.24) is 4.98 Å². The molecule has 0 aliphatic carbocycles. The van der Waals surface area contributed by atoms with Gasteiger partial charge in [-0.05, 0) is 55.8 Å². The maximum absolute atomic E-state index is 12.5. The fraction of sp³-hybridized carbons (Fsp3) is 0.357. The Labute approximate surface area is 305 Å². The van der Waals surface area contributed by atoms with Crippen LogP contribution in [0, 0.1) is 18.3 Å². The van der Waals surface area contributed by atoms with Gasteiger partial charge < -0.3 is 15.0 Å². The Balaban J connectivity index is 1.99. The highest BCUT2D eigenvalue weighted by Gasteiger charge is 2.23. The van der Waals surface area contributed by atoms with Gasteiger partial charge in [-0.1, -0.05) is 0 Å². The molecule has 0 saturated heterocycles. The average molecular weight is 819 g/mol. The predicted molar refractivity (Wildman–Crippen MR) is 189 cm³/mol. The van der Waals surface area contributed by atoms with Crippen LogP contribution in [0.25, 0.3) is 0 Å². The highest BCUT2D eigenvalue weighted by Crippen LogP contribution is 2.37. The maximum atomic E-state index is 12.5. The summed E-state index contributed by atoms with van der Waals surface area (Å²) in [5.74, 6) is -1.10. The van der Waals surface area contributed by atoms with Crippen LogP contribution in [0.3, 0.4) is 0 Å². The van der Waals surface area contributed by atoms with Crippen LogP contribution < -0.4 is 10.2 Å². The van der Waals surface area contributed by atoms with Crippen molar-refractivity contribution in [2.45, 2.75) is 23.1 Å². The van der Waals surface area contributed by atoms with Gasteiger partial charge in [0.2, 0.25) is 0 Å². The van der Waals surface area contributed by atoms with Crippen molar-refractivity contribution in [2.75, 3.05) is 62.2 Å². The molecule has 0 saturated carbocycles. The van der Waals surface area contributed by atoms with Gasteiger partial charge in [-0.2, -0.15) is 40.7 Å². The molecule has 1 heterocycles. The van der Waals surface area contributed by atoms with E-state index in [0.29, 0.717) is 13.0 Å². The number of sulfone groups is 1. The molecule has 288 valence electrons. The molecule has 0 aliphatic heterocycles. The van der Waals surface area contributed by atoms with Crippen LogP contribution in [-0.4, -0.2) is 104 Å². The first-order chi connectivity index (χ1) is 24.6. The maximum Gasteiger partial charge on any atom is 0.397 e. The lowest BCUT2D eigenvalue weighted by Crippen LogP contribution is -2.29. The summed E-state index contributed by atoms with van der Waals surface area (Å²) in [7, 11) is -15.1. The summed E-state index contributed by atoms with van der Waals surface area (Å²) in [6.07, 6.45) is 0.496. The van der Waals surface area contributed by atoms with E-state index in [-0.39, 0.29) is 63.5 Å². The van der Waals surface area contributed by atoms with Gasteiger partial charge in [-0.3, -0.25) is 13.7 Å². The summed E-state index contributed by atoms with van der Waals surface area (Å²) in [4.78, 5) is 4.78. The van der Waals surface area contributed by atoms with Crippen LogP contribution in [-0.2, 0) is 49.4 Å². The molecule has 0 atom stereocenters. The van der Waals surface area contributed by atoms with Crippen molar-refractivity contribution < 1.29 is 56.2 Å². The zero-order chi connectivity index (χ0) is 39.6. The van der Waals surface area contributed by atoms with Crippen molar-refractivity contribution in [1.29, 1.82) is 5.26 Å². The van der Waals surface area contributed by atoms with Gasteiger partial charge in [0, 0.05) is 39.4 Å². The first-order valence-electron chi connectivity index (χ1n) is 14.9. The molecule has 2 aromatic carbocycles. The Morgan fingerprint density at radius 2 is 1.51 bits per heavy atom. The van der Waals surface area contributed by atoms with Gasteiger partial charge in [0.05, 0.1) is 39.9 Å². The molecule has 0 amide bonds. The number of aromatic nitrogens is 1. The third-order valence-corrected chi connectivity index (χ3v) is 10.8. The van der Waals surface area contributed by atoms with Gasteiger partial charge in [-0.15, -0.1) is 10.2 Å². The van der Waals surface area contributed by atoms with Gasteiger partial charge in [0.15, 0.2) is 15.7 Å². The molecule has 3 aromatic rings. The minimum Gasteiger partial charge on any atom is -0.385 e. The molecule has 21 nitrogen and oxygen atoms in total. The van der Waals surface area contributed by atoms with Crippen molar-refractivity contribution in [3.63, 3.8) is 0 Å². The molecule has 0 radical (unpaired) electrons. The number of nitriles is 1. The lowest BCUT2D eigenvalue weighted by Gasteiger charge is -2.22. The first kappa shape index (κ1) is 42.9. The van der Waals surface area contributed by atoms with Crippen LogP contribution in [0.1, 0.15) is 17.5 Å². The number of azo groups is 2. The van der Waals surface area contributed by atoms with E-state index in [1.54, 1.807) is 0 Å². The molecule has 4 N–H and O–H groups in total. The predicted octanol–water partition coefficient (Wildman–Crippen LogP) is 3.70. The fourth-order valence-electron chi connectivity index (χ4n) is 4.27. The van der Waals surface area contributed by atoms with Gasteiger partial charge >= 0.3 is 10.4 Å². The lowest BCUT2D eigenvalue weighted by atomic mass is 10.1. The van der Waals surface area contributed by atoms with Crippen LogP contribution in [0.5, 0.6) is 0 Å².